The predicted octanol–water partition coefficient (Wildman–Crippen LogP) is 3.87. The van der Waals surface area contributed by atoms with Crippen LogP contribution in [-0.2, 0) is 0 Å². The lowest BCUT2D eigenvalue weighted by Gasteiger charge is -1.92. The number of aromatic nitrogens is 3. The van der Waals surface area contributed by atoms with Crippen molar-refractivity contribution in [3.8, 4) is 10.7 Å². The minimum Gasteiger partial charge on any atom is -0.206 e. The van der Waals surface area contributed by atoms with Crippen molar-refractivity contribution in [1.29, 1.82) is 0 Å². The first-order chi connectivity index (χ1) is 7.74. The molecule has 0 unspecified atom stereocenters. The number of fused-ring (bicyclic) bond motifs is 1. The normalized spacial score (nSPS) is 11.1. The van der Waals surface area contributed by atoms with Crippen LogP contribution in [0.25, 0.3) is 16.3 Å². The van der Waals surface area contributed by atoms with Crippen LogP contribution in [0.5, 0.6) is 0 Å². The zero-order valence-corrected chi connectivity index (χ0v) is 11.1. The van der Waals surface area contributed by atoms with E-state index in [0.717, 1.165) is 19.5 Å². The van der Waals surface area contributed by atoms with Gasteiger partial charge in [-0.15, -0.1) is 16.4 Å². The summed E-state index contributed by atoms with van der Waals surface area (Å²) in [6, 6.07) is 9.54. The Morgan fingerprint density at radius 2 is 2.12 bits per heavy atom. The highest BCUT2D eigenvalue weighted by atomic mass is 79.9. The zero-order chi connectivity index (χ0) is 11.1. The highest BCUT2D eigenvalue weighted by Crippen LogP contribution is 2.29. The maximum absolute atomic E-state index is 5.89. The summed E-state index contributed by atoms with van der Waals surface area (Å²) in [5.41, 5.74) is 0.814. The average molecular weight is 315 g/mol. The van der Waals surface area contributed by atoms with E-state index in [-0.39, 0.29) is 0 Å². The van der Waals surface area contributed by atoms with Crippen molar-refractivity contribution in [3.05, 3.63) is 39.3 Å². The summed E-state index contributed by atoms with van der Waals surface area (Å²) >= 11 is 10.8. The summed E-state index contributed by atoms with van der Waals surface area (Å²) in [6.07, 6.45) is 0. The second-order valence-electron chi connectivity index (χ2n) is 3.16. The molecule has 0 saturated heterocycles. The topological polar surface area (TPSA) is 30.2 Å². The van der Waals surface area contributed by atoms with Gasteiger partial charge in [0.15, 0.2) is 11.5 Å². The molecule has 0 fully saturated rings. The van der Waals surface area contributed by atoms with Crippen molar-refractivity contribution in [3.63, 3.8) is 0 Å². The summed E-state index contributed by atoms with van der Waals surface area (Å²) in [7, 11) is 0. The third-order valence-electron chi connectivity index (χ3n) is 2.11. The number of hydrogen-bond donors (Lipinski definition) is 0. The first-order valence-electron chi connectivity index (χ1n) is 4.51. The Bertz CT molecular complexity index is 661. The quantitative estimate of drug-likeness (QED) is 0.638. The molecular weight excluding hydrogens is 310 g/mol. The number of thiophene rings is 1. The molecule has 0 atom stereocenters. The monoisotopic (exact) mass is 313 g/mol. The van der Waals surface area contributed by atoms with E-state index in [1.807, 2.05) is 30.3 Å². The van der Waals surface area contributed by atoms with Crippen LogP contribution in [0.2, 0.25) is 4.34 Å². The largest absolute Gasteiger partial charge is 0.206 e. The zero-order valence-electron chi connectivity index (χ0n) is 7.89. The second-order valence-corrected chi connectivity index (χ2v) is 5.69. The molecule has 3 nitrogen and oxygen atoms in total. The summed E-state index contributed by atoms with van der Waals surface area (Å²) in [5.74, 6) is 0.698. The number of rotatable bonds is 1. The van der Waals surface area contributed by atoms with E-state index < -0.39 is 0 Å². The molecule has 0 aliphatic heterocycles. The van der Waals surface area contributed by atoms with Gasteiger partial charge in [0, 0.05) is 0 Å². The number of pyridine rings is 1. The van der Waals surface area contributed by atoms with Gasteiger partial charge in [-0.1, -0.05) is 17.7 Å². The van der Waals surface area contributed by atoms with Gasteiger partial charge >= 0.3 is 0 Å². The lowest BCUT2D eigenvalue weighted by atomic mass is 10.4. The van der Waals surface area contributed by atoms with Gasteiger partial charge in [-0.2, -0.15) is 0 Å². The molecule has 3 heterocycles. The SMILES string of the molecule is Clc1ccc(-c2nc3cccc(Br)n3n2)s1. The van der Waals surface area contributed by atoms with Crippen LogP contribution in [-0.4, -0.2) is 14.6 Å². The highest BCUT2D eigenvalue weighted by molar-refractivity contribution is 9.10. The van der Waals surface area contributed by atoms with Gasteiger partial charge in [0.1, 0.15) is 4.60 Å². The van der Waals surface area contributed by atoms with Crippen molar-refractivity contribution in [1.82, 2.24) is 14.6 Å². The van der Waals surface area contributed by atoms with E-state index in [2.05, 4.69) is 26.0 Å². The summed E-state index contributed by atoms with van der Waals surface area (Å²) in [4.78, 5) is 5.40. The molecule has 0 bridgehead atoms. The molecule has 80 valence electrons. The van der Waals surface area contributed by atoms with E-state index in [1.165, 1.54) is 11.3 Å². The molecule has 3 aromatic rings. The van der Waals surface area contributed by atoms with E-state index in [9.17, 15) is 0 Å². The van der Waals surface area contributed by atoms with Gasteiger partial charge in [-0.3, -0.25) is 0 Å². The Morgan fingerprint density at radius 3 is 2.81 bits per heavy atom. The van der Waals surface area contributed by atoms with Crippen LogP contribution < -0.4 is 0 Å². The number of halogens is 2. The Hall–Kier alpha value is -0.910. The lowest BCUT2D eigenvalue weighted by molar-refractivity contribution is 0.941. The molecule has 0 saturated carbocycles. The molecule has 0 N–H and O–H groups in total. The van der Waals surface area contributed by atoms with E-state index in [0.29, 0.717) is 5.82 Å². The number of nitrogens with zero attached hydrogens (tertiary/aromatic N) is 3. The third-order valence-corrected chi connectivity index (χ3v) is 3.93. The fraction of sp³-hybridized carbons (Fsp3) is 0. The van der Waals surface area contributed by atoms with Crippen molar-refractivity contribution in [2.75, 3.05) is 0 Å². The summed E-state index contributed by atoms with van der Waals surface area (Å²) < 4.78 is 3.38. The van der Waals surface area contributed by atoms with E-state index in [1.54, 1.807) is 4.52 Å². The van der Waals surface area contributed by atoms with Crippen molar-refractivity contribution in [2.24, 2.45) is 0 Å². The Kier molecular flexibility index (Phi) is 2.46. The van der Waals surface area contributed by atoms with Gasteiger partial charge < -0.3 is 0 Å². The van der Waals surface area contributed by atoms with Crippen LogP contribution in [0, 0.1) is 0 Å². The van der Waals surface area contributed by atoms with Crippen molar-refractivity contribution in [2.45, 2.75) is 0 Å². The first-order valence-corrected chi connectivity index (χ1v) is 6.50. The minimum atomic E-state index is 0.698. The maximum Gasteiger partial charge on any atom is 0.192 e. The van der Waals surface area contributed by atoms with Crippen LogP contribution in [0.3, 0.4) is 0 Å². The van der Waals surface area contributed by atoms with Crippen LogP contribution in [0.15, 0.2) is 34.9 Å². The molecule has 0 radical (unpaired) electrons. The van der Waals surface area contributed by atoms with Gasteiger partial charge in [0.25, 0.3) is 0 Å². The number of hydrogen-bond acceptors (Lipinski definition) is 3. The standard InChI is InChI=1S/C10H5BrClN3S/c11-7-2-1-3-9-13-10(14-15(7)9)6-4-5-8(12)16-6/h1-5H. The van der Waals surface area contributed by atoms with Crippen molar-refractivity contribution < 1.29 is 0 Å². The maximum atomic E-state index is 5.89. The van der Waals surface area contributed by atoms with E-state index >= 15 is 0 Å². The first kappa shape index (κ1) is 10.3. The molecule has 3 rings (SSSR count). The van der Waals surface area contributed by atoms with Crippen LogP contribution >= 0.6 is 38.9 Å². The molecule has 0 spiro atoms. The summed E-state index contributed by atoms with van der Waals surface area (Å²) in [6.45, 7) is 0. The Balaban J connectivity index is 2.22. The summed E-state index contributed by atoms with van der Waals surface area (Å²) in [5, 5.41) is 4.41. The van der Waals surface area contributed by atoms with Crippen LogP contribution in [0.1, 0.15) is 0 Å². The molecule has 0 amide bonds. The molecule has 0 aromatic carbocycles. The van der Waals surface area contributed by atoms with Gasteiger partial charge in [-0.05, 0) is 40.2 Å². The molecular formula is C10H5BrClN3S. The highest BCUT2D eigenvalue weighted by Gasteiger charge is 2.09. The molecule has 0 aliphatic carbocycles. The fourth-order valence-corrected chi connectivity index (χ4v) is 2.80. The van der Waals surface area contributed by atoms with Crippen LogP contribution in [0.4, 0.5) is 0 Å². The minimum absolute atomic E-state index is 0.698. The third kappa shape index (κ3) is 1.65. The second kappa shape index (κ2) is 3.84. The van der Waals surface area contributed by atoms with E-state index in [4.69, 9.17) is 11.6 Å². The Morgan fingerprint density at radius 1 is 1.25 bits per heavy atom. The van der Waals surface area contributed by atoms with Gasteiger partial charge in [-0.25, -0.2) is 9.50 Å². The molecule has 6 heteroatoms. The smallest absolute Gasteiger partial charge is 0.192 e. The lowest BCUT2D eigenvalue weighted by Crippen LogP contribution is -1.87. The predicted molar refractivity (Wildman–Crippen MR) is 69.0 cm³/mol. The fourth-order valence-electron chi connectivity index (χ4n) is 1.41. The molecule has 0 aliphatic rings. The van der Waals surface area contributed by atoms with Gasteiger partial charge in [0.05, 0.1) is 9.21 Å². The van der Waals surface area contributed by atoms with Crippen molar-refractivity contribution >= 4 is 44.5 Å². The average Bonchev–Trinajstić information content (AvgIpc) is 2.84. The molecule has 16 heavy (non-hydrogen) atoms. The Labute approximate surface area is 109 Å². The molecule has 3 aromatic heterocycles. The van der Waals surface area contributed by atoms with Gasteiger partial charge in [0.2, 0.25) is 0 Å².